The van der Waals surface area contributed by atoms with Crippen LogP contribution >= 0.6 is 15.9 Å². The van der Waals surface area contributed by atoms with E-state index in [1.54, 1.807) is 25.4 Å². The van der Waals surface area contributed by atoms with Crippen LogP contribution in [0.5, 0.6) is 0 Å². The summed E-state index contributed by atoms with van der Waals surface area (Å²) in [5.74, 6) is -0.726. The maximum Gasteiger partial charge on any atom is 0.274 e. The molecule has 2 aromatic rings. The van der Waals surface area contributed by atoms with Crippen molar-refractivity contribution >= 4 is 33.2 Å². The summed E-state index contributed by atoms with van der Waals surface area (Å²) >= 11 is 3.06. The van der Waals surface area contributed by atoms with E-state index >= 15 is 0 Å². The first-order chi connectivity index (χ1) is 9.10. The monoisotopic (exact) mass is 323 g/mol. The van der Waals surface area contributed by atoms with Gasteiger partial charge in [-0.25, -0.2) is 9.37 Å². The molecule has 1 aromatic heterocycles. The van der Waals surface area contributed by atoms with Gasteiger partial charge in [0.2, 0.25) is 0 Å². The van der Waals surface area contributed by atoms with Gasteiger partial charge >= 0.3 is 0 Å². The van der Waals surface area contributed by atoms with Crippen molar-refractivity contribution in [2.45, 2.75) is 0 Å². The van der Waals surface area contributed by atoms with E-state index in [1.165, 1.54) is 18.2 Å². The average molecular weight is 324 g/mol. The lowest BCUT2D eigenvalue weighted by Crippen LogP contribution is -2.13. The molecule has 2 N–H and O–H groups in total. The number of amides is 1. The van der Waals surface area contributed by atoms with Crippen molar-refractivity contribution in [1.29, 1.82) is 0 Å². The Bertz CT molecular complexity index is 601. The van der Waals surface area contributed by atoms with E-state index in [0.29, 0.717) is 15.9 Å². The lowest BCUT2D eigenvalue weighted by atomic mass is 10.2. The van der Waals surface area contributed by atoms with E-state index in [4.69, 9.17) is 0 Å². The van der Waals surface area contributed by atoms with Gasteiger partial charge in [0.1, 0.15) is 11.5 Å². The van der Waals surface area contributed by atoms with E-state index < -0.39 is 0 Å². The summed E-state index contributed by atoms with van der Waals surface area (Å²) < 4.78 is 13.4. The van der Waals surface area contributed by atoms with Crippen LogP contribution in [0.4, 0.5) is 15.8 Å². The Labute approximate surface area is 118 Å². The molecule has 4 nitrogen and oxygen atoms in total. The van der Waals surface area contributed by atoms with Gasteiger partial charge in [-0.1, -0.05) is 0 Å². The highest BCUT2D eigenvalue weighted by molar-refractivity contribution is 9.10. The Hall–Kier alpha value is -1.95. The topological polar surface area (TPSA) is 54.0 Å². The van der Waals surface area contributed by atoms with E-state index in [2.05, 4.69) is 31.5 Å². The fraction of sp³-hybridized carbons (Fsp3) is 0.0769. The molecular weight excluding hydrogens is 313 g/mol. The van der Waals surface area contributed by atoms with Crippen LogP contribution in [0.25, 0.3) is 0 Å². The molecule has 0 unspecified atom stereocenters. The summed E-state index contributed by atoms with van der Waals surface area (Å²) in [6.07, 6.45) is 1.56. The van der Waals surface area contributed by atoms with Crippen LogP contribution in [-0.2, 0) is 0 Å². The maximum atomic E-state index is 13.1. The molecule has 0 spiro atoms. The summed E-state index contributed by atoms with van der Waals surface area (Å²) in [7, 11) is 1.77. The molecule has 0 aliphatic heterocycles. The number of nitrogens with zero attached hydrogens (tertiary/aromatic N) is 1. The zero-order chi connectivity index (χ0) is 13.8. The van der Waals surface area contributed by atoms with Gasteiger partial charge in [-0.2, -0.15) is 0 Å². The minimum absolute atomic E-state index is 0.291. The molecule has 0 radical (unpaired) electrons. The smallest absolute Gasteiger partial charge is 0.274 e. The Kier molecular flexibility index (Phi) is 4.11. The average Bonchev–Trinajstić information content (AvgIpc) is 2.43. The van der Waals surface area contributed by atoms with Crippen LogP contribution in [0.1, 0.15) is 10.5 Å². The Morgan fingerprint density at radius 1 is 1.26 bits per heavy atom. The van der Waals surface area contributed by atoms with Crippen molar-refractivity contribution in [3.63, 3.8) is 0 Å². The van der Waals surface area contributed by atoms with Crippen molar-refractivity contribution in [2.24, 2.45) is 0 Å². The predicted molar refractivity (Wildman–Crippen MR) is 75.8 cm³/mol. The number of anilines is 2. The number of benzene rings is 1. The third kappa shape index (κ3) is 3.29. The zero-order valence-corrected chi connectivity index (χ0v) is 11.7. The summed E-state index contributed by atoms with van der Waals surface area (Å²) in [6, 6.07) is 7.62. The van der Waals surface area contributed by atoms with Gasteiger partial charge in [-0.05, 0) is 46.3 Å². The summed E-state index contributed by atoms with van der Waals surface area (Å²) in [4.78, 5) is 15.9. The van der Waals surface area contributed by atoms with Crippen LogP contribution in [0.15, 0.2) is 41.0 Å². The normalized spacial score (nSPS) is 10.1. The van der Waals surface area contributed by atoms with Crippen LogP contribution in [0.3, 0.4) is 0 Å². The lowest BCUT2D eigenvalue weighted by Gasteiger charge is -2.06. The Morgan fingerprint density at radius 3 is 2.58 bits per heavy atom. The van der Waals surface area contributed by atoms with Gasteiger partial charge in [-0.15, -0.1) is 0 Å². The first kappa shape index (κ1) is 13.5. The van der Waals surface area contributed by atoms with Crippen molar-refractivity contribution in [3.8, 4) is 0 Å². The van der Waals surface area contributed by atoms with Gasteiger partial charge in [-0.3, -0.25) is 4.79 Å². The Balaban J connectivity index is 2.13. The molecule has 6 heteroatoms. The molecule has 0 atom stereocenters. The molecule has 0 aliphatic rings. The molecule has 1 amide bonds. The lowest BCUT2D eigenvalue weighted by molar-refractivity contribution is 0.102. The van der Waals surface area contributed by atoms with Crippen LogP contribution in [0, 0.1) is 5.82 Å². The number of rotatable bonds is 3. The van der Waals surface area contributed by atoms with Crippen molar-refractivity contribution in [1.82, 2.24) is 4.98 Å². The van der Waals surface area contributed by atoms with Gasteiger partial charge in [0.25, 0.3) is 5.91 Å². The fourth-order valence-corrected chi connectivity index (χ4v) is 1.82. The number of pyridine rings is 1. The molecule has 0 saturated carbocycles. The standard InChI is InChI=1S/C13H11BrFN3O/c1-16-9-3-5-12(17-7-9)13(19)18-8-2-4-11(15)10(14)6-8/h2-7,16H,1H3,(H,18,19). The predicted octanol–water partition coefficient (Wildman–Crippen LogP) is 3.28. The summed E-state index contributed by atoms with van der Waals surface area (Å²) in [5, 5.41) is 5.56. The first-order valence-electron chi connectivity index (χ1n) is 5.50. The highest BCUT2D eigenvalue weighted by atomic mass is 79.9. The van der Waals surface area contributed by atoms with Gasteiger partial charge in [0.05, 0.1) is 16.4 Å². The first-order valence-corrected chi connectivity index (χ1v) is 6.29. The zero-order valence-electron chi connectivity index (χ0n) is 10.1. The molecular formula is C13H11BrFN3O. The third-order valence-electron chi connectivity index (χ3n) is 2.46. The van der Waals surface area contributed by atoms with Gasteiger partial charge < -0.3 is 10.6 Å². The van der Waals surface area contributed by atoms with Crippen LogP contribution < -0.4 is 10.6 Å². The molecule has 0 bridgehead atoms. The molecule has 1 aromatic carbocycles. The molecule has 0 fully saturated rings. The number of hydrogen-bond donors (Lipinski definition) is 2. The van der Waals surface area contributed by atoms with E-state index in [0.717, 1.165) is 5.69 Å². The largest absolute Gasteiger partial charge is 0.387 e. The minimum atomic E-state index is -0.380. The summed E-state index contributed by atoms with van der Waals surface area (Å²) in [5.41, 5.74) is 1.61. The number of halogens is 2. The highest BCUT2D eigenvalue weighted by Crippen LogP contribution is 2.20. The number of hydrogen-bond acceptors (Lipinski definition) is 3. The number of carbonyl (C=O) groups excluding carboxylic acids is 1. The van der Waals surface area contributed by atoms with Crippen molar-refractivity contribution in [2.75, 3.05) is 17.7 Å². The second-order valence-corrected chi connectivity index (χ2v) is 4.62. The second kappa shape index (κ2) is 5.79. The van der Waals surface area contributed by atoms with Gasteiger partial charge in [0, 0.05) is 12.7 Å². The molecule has 0 saturated heterocycles. The van der Waals surface area contributed by atoms with Crippen LogP contribution in [0.2, 0.25) is 0 Å². The molecule has 1 heterocycles. The second-order valence-electron chi connectivity index (χ2n) is 3.77. The number of nitrogens with one attached hydrogen (secondary N) is 2. The molecule has 98 valence electrons. The van der Waals surface area contributed by atoms with E-state index in [1.807, 2.05) is 0 Å². The molecule has 2 rings (SSSR count). The quantitative estimate of drug-likeness (QED) is 0.911. The maximum absolute atomic E-state index is 13.1. The van der Waals surface area contributed by atoms with Gasteiger partial charge in [0.15, 0.2) is 0 Å². The van der Waals surface area contributed by atoms with Crippen LogP contribution in [-0.4, -0.2) is 17.9 Å². The number of carbonyl (C=O) groups is 1. The van der Waals surface area contributed by atoms with E-state index in [-0.39, 0.29) is 11.7 Å². The highest BCUT2D eigenvalue weighted by Gasteiger charge is 2.08. The van der Waals surface area contributed by atoms with Crippen molar-refractivity contribution < 1.29 is 9.18 Å². The fourth-order valence-electron chi connectivity index (χ4n) is 1.45. The third-order valence-corrected chi connectivity index (χ3v) is 3.07. The van der Waals surface area contributed by atoms with E-state index in [9.17, 15) is 9.18 Å². The van der Waals surface area contributed by atoms with Crippen molar-refractivity contribution in [3.05, 3.63) is 52.5 Å². The minimum Gasteiger partial charge on any atom is -0.387 e. The SMILES string of the molecule is CNc1ccc(C(=O)Nc2ccc(F)c(Br)c2)nc1. The Morgan fingerprint density at radius 2 is 2.00 bits per heavy atom. The molecule has 19 heavy (non-hydrogen) atoms. The number of aromatic nitrogens is 1. The summed E-state index contributed by atoms with van der Waals surface area (Å²) in [6.45, 7) is 0. The molecule has 0 aliphatic carbocycles.